The molecule has 7 heteroatoms. The molecule has 0 radical (unpaired) electrons. The van der Waals surface area contributed by atoms with Gasteiger partial charge in [0.15, 0.2) is 0 Å². The lowest BCUT2D eigenvalue weighted by molar-refractivity contribution is -0.385. The van der Waals surface area contributed by atoms with Crippen molar-refractivity contribution in [1.29, 1.82) is 0 Å². The third-order valence-corrected chi connectivity index (χ3v) is 2.74. The maximum atomic E-state index is 11.2. The summed E-state index contributed by atoms with van der Waals surface area (Å²) in [4.78, 5) is 25.1. The Bertz CT molecular complexity index is 457. The number of nitrogens with zero attached hydrogens (tertiary/aromatic N) is 2. The Labute approximate surface area is 110 Å². The molecule has 0 unspecified atom stereocenters. The van der Waals surface area contributed by atoms with E-state index in [2.05, 4.69) is 10.3 Å². The third-order valence-electron chi connectivity index (χ3n) is 2.74. The molecule has 1 saturated carbocycles. The molecule has 0 amide bonds. The minimum absolute atomic E-state index is 0.0380. The smallest absolute Gasteiger partial charge is 0.308 e. The molecule has 1 aromatic heterocycles. The number of rotatable bonds is 7. The lowest BCUT2D eigenvalue weighted by atomic mass is 10.4. The second-order valence-corrected chi connectivity index (χ2v) is 4.38. The normalized spacial score (nSPS) is 13.9. The van der Waals surface area contributed by atoms with Crippen LogP contribution < -0.4 is 5.32 Å². The van der Waals surface area contributed by atoms with Crippen molar-refractivity contribution in [3.63, 3.8) is 0 Å². The zero-order valence-electron chi connectivity index (χ0n) is 10.4. The Morgan fingerprint density at radius 1 is 1.53 bits per heavy atom. The van der Waals surface area contributed by atoms with Gasteiger partial charge in [-0.05, 0) is 25.3 Å². The number of aromatic nitrogens is 1. The summed E-state index contributed by atoms with van der Waals surface area (Å²) in [5.41, 5.74) is -0.0380. The van der Waals surface area contributed by atoms with Crippen LogP contribution in [0, 0.1) is 16.0 Å². The van der Waals surface area contributed by atoms with Gasteiger partial charge < -0.3 is 10.1 Å². The van der Waals surface area contributed by atoms with Gasteiger partial charge in [-0.25, -0.2) is 4.98 Å². The van der Waals surface area contributed by atoms with Crippen molar-refractivity contribution in [1.82, 2.24) is 4.98 Å². The van der Waals surface area contributed by atoms with Crippen LogP contribution >= 0.6 is 0 Å². The first kappa shape index (κ1) is 13.3. The van der Waals surface area contributed by atoms with Gasteiger partial charge in [0.05, 0.1) is 17.4 Å². The van der Waals surface area contributed by atoms with Crippen molar-refractivity contribution in [2.75, 3.05) is 18.5 Å². The summed E-state index contributed by atoms with van der Waals surface area (Å²) >= 11 is 0. The van der Waals surface area contributed by atoms with Crippen LogP contribution in [0.1, 0.15) is 19.3 Å². The second-order valence-electron chi connectivity index (χ2n) is 4.38. The van der Waals surface area contributed by atoms with Crippen LogP contribution in [0.4, 0.5) is 11.5 Å². The van der Waals surface area contributed by atoms with Crippen LogP contribution in [0.5, 0.6) is 0 Å². The van der Waals surface area contributed by atoms with Crippen LogP contribution in [0.15, 0.2) is 18.3 Å². The van der Waals surface area contributed by atoms with Crippen LogP contribution in [0.25, 0.3) is 0 Å². The van der Waals surface area contributed by atoms with E-state index in [4.69, 9.17) is 4.74 Å². The quantitative estimate of drug-likeness (QED) is 0.349. The first-order chi connectivity index (χ1) is 9.16. The van der Waals surface area contributed by atoms with E-state index >= 15 is 0 Å². The van der Waals surface area contributed by atoms with Crippen molar-refractivity contribution in [3.05, 3.63) is 28.4 Å². The van der Waals surface area contributed by atoms with Gasteiger partial charge in [0.1, 0.15) is 12.0 Å². The SMILES string of the molecule is O=C(OCCCNc1ccc([N+](=O)[O-])cn1)C1CC1. The van der Waals surface area contributed by atoms with Gasteiger partial charge >= 0.3 is 5.97 Å². The Balaban J connectivity index is 1.62. The number of nitrogens with one attached hydrogen (secondary N) is 1. The van der Waals surface area contributed by atoms with E-state index in [1.54, 1.807) is 6.07 Å². The number of carbonyl (C=O) groups is 1. The van der Waals surface area contributed by atoms with Gasteiger partial charge in [-0.15, -0.1) is 0 Å². The van der Waals surface area contributed by atoms with Gasteiger partial charge in [0, 0.05) is 12.6 Å². The molecular weight excluding hydrogens is 250 g/mol. The summed E-state index contributed by atoms with van der Waals surface area (Å²) in [6.45, 7) is 0.984. The second kappa shape index (κ2) is 6.12. The Morgan fingerprint density at radius 3 is 2.89 bits per heavy atom. The number of hydrogen-bond acceptors (Lipinski definition) is 6. The number of esters is 1. The fraction of sp³-hybridized carbons (Fsp3) is 0.500. The largest absolute Gasteiger partial charge is 0.465 e. The fourth-order valence-corrected chi connectivity index (χ4v) is 1.50. The monoisotopic (exact) mass is 265 g/mol. The standard InChI is InChI=1S/C12H15N3O4/c16-12(9-2-3-9)19-7-1-6-13-11-5-4-10(8-14-11)15(17)18/h4-5,8-9H,1-3,6-7H2,(H,13,14). The molecule has 2 rings (SSSR count). The average molecular weight is 265 g/mol. The highest BCUT2D eigenvalue weighted by atomic mass is 16.6. The summed E-state index contributed by atoms with van der Waals surface area (Å²) in [5, 5.41) is 13.4. The van der Waals surface area contributed by atoms with Gasteiger partial charge in [-0.2, -0.15) is 0 Å². The highest BCUT2D eigenvalue weighted by Gasteiger charge is 2.30. The maximum Gasteiger partial charge on any atom is 0.308 e. The first-order valence-corrected chi connectivity index (χ1v) is 6.18. The number of carbonyl (C=O) groups excluding carboxylic acids is 1. The topological polar surface area (TPSA) is 94.4 Å². The van der Waals surface area contributed by atoms with Crippen LogP contribution in [0.3, 0.4) is 0 Å². The molecule has 0 aliphatic heterocycles. The number of ether oxygens (including phenoxy) is 1. The summed E-state index contributed by atoms with van der Waals surface area (Å²) < 4.78 is 5.07. The molecule has 0 saturated heterocycles. The van der Waals surface area contributed by atoms with Crippen LogP contribution in [-0.4, -0.2) is 29.0 Å². The molecule has 102 valence electrons. The van der Waals surface area contributed by atoms with Crippen molar-refractivity contribution < 1.29 is 14.5 Å². The number of hydrogen-bond donors (Lipinski definition) is 1. The number of pyridine rings is 1. The molecule has 1 fully saturated rings. The van der Waals surface area contributed by atoms with Gasteiger partial charge in [-0.3, -0.25) is 14.9 Å². The molecule has 1 N–H and O–H groups in total. The van der Waals surface area contributed by atoms with Crippen molar-refractivity contribution in [2.45, 2.75) is 19.3 Å². The molecule has 0 bridgehead atoms. The van der Waals surface area contributed by atoms with E-state index in [0.29, 0.717) is 25.4 Å². The van der Waals surface area contributed by atoms with Crippen molar-refractivity contribution >= 4 is 17.5 Å². The van der Waals surface area contributed by atoms with Crippen LogP contribution in [-0.2, 0) is 9.53 Å². The van der Waals surface area contributed by atoms with Gasteiger partial charge in [0.2, 0.25) is 0 Å². The lowest BCUT2D eigenvalue weighted by Crippen LogP contribution is -2.11. The molecule has 1 heterocycles. The average Bonchev–Trinajstić information content (AvgIpc) is 3.23. The fourth-order valence-electron chi connectivity index (χ4n) is 1.50. The summed E-state index contributed by atoms with van der Waals surface area (Å²) in [6, 6.07) is 2.94. The summed E-state index contributed by atoms with van der Waals surface area (Å²) in [5.74, 6) is 0.594. The van der Waals surface area contributed by atoms with E-state index in [9.17, 15) is 14.9 Å². The number of nitro groups is 1. The highest BCUT2D eigenvalue weighted by Crippen LogP contribution is 2.29. The first-order valence-electron chi connectivity index (χ1n) is 6.18. The van der Waals surface area contributed by atoms with E-state index in [1.165, 1.54) is 12.3 Å². The van der Waals surface area contributed by atoms with E-state index in [0.717, 1.165) is 12.8 Å². The molecule has 7 nitrogen and oxygen atoms in total. The van der Waals surface area contributed by atoms with E-state index in [1.807, 2.05) is 0 Å². The zero-order chi connectivity index (χ0) is 13.7. The maximum absolute atomic E-state index is 11.2. The predicted molar refractivity (Wildman–Crippen MR) is 67.7 cm³/mol. The minimum atomic E-state index is -0.492. The third kappa shape index (κ3) is 4.20. The van der Waals surface area contributed by atoms with Crippen molar-refractivity contribution in [3.8, 4) is 0 Å². The van der Waals surface area contributed by atoms with Gasteiger partial charge in [0.25, 0.3) is 5.69 Å². The Kier molecular flexibility index (Phi) is 4.27. The van der Waals surface area contributed by atoms with E-state index in [-0.39, 0.29) is 17.6 Å². The summed E-state index contributed by atoms with van der Waals surface area (Å²) in [7, 11) is 0. The molecule has 1 aromatic rings. The van der Waals surface area contributed by atoms with Gasteiger partial charge in [-0.1, -0.05) is 0 Å². The molecule has 19 heavy (non-hydrogen) atoms. The number of anilines is 1. The molecule has 1 aliphatic rings. The lowest BCUT2D eigenvalue weighted by Gasteiger charge is -2.06. The summed E-state index contributed by atoms with van der Waals surface area (Å²) in [6.07, 6.45) is 3.78. The molecular formula is C12H15N3O4. The predicted octanol–water partition coefficient (Wildman–Crippen LogP) is 1.74. The Morgan fingerprint density at radius 2 is 2.32 bits per heavy atom. The molecule has 0 spiro atoms. The Hall–Kier alpha value is -2.18. The van der Waals surface area contributed by atoms with E-state index < -0.39 is 4.92 Å². The minimum Gasteiger partial charge on any atom is -0.465 e. The van der Waals surface area contributed by atoms with Crippen molar-refractivity contribution in [2.24, 2.45) is 5.92 Å². The molecule has 0 aromatic carbocycles. The van der Waals surface area contributed by atoms with Crippen LogP contribution in [0.2, 0.25) is 0 Å². The highest BCUT2D eigenvalue weighted by molar-refractivity contribution is 5.74. The molecule has 0 atom stereocenters. The zero-order valence-corrected chi connectivity index (χ0v) is 10.4. The molecule has 1 aliphatic carbocycles.